The number of amides is 1. The smallest absolute Gasteiger partial charge is 0.220 e. The predicted molar refractivity (Wildman–Crippen MR) is 99.1 cm³/mol. The van der Waals surface area contributed by atoms with E-state index < -0.39 is 0 Å². The zero-order valence-corrected chi connectivity index (χ0v) is 14.2. The second-order valence-corrected chi connectivity index (χ2v) is 6.53. The van der Waals surface area contributed by atoms with Gasteiger partial charge in [-0.05, 0) is 37.1 Å². The molecule has 2 heterocycles. The Morgan fingerprint density at radius 2 is 1.73 bits per heavy atom. The molecule has 132 valence electrons. The van der Waals surface area contributed by atoms with Gasteiger partial charge in [-0.15, -0.1) is 0 Å². The van der Waals surface area contributed by atoms with Crippen LogP contribution < -0.4 is 10.6 Å². The van der Waals surface area contributed by atoms with E-state index in [4.69, 9.17) is 5.73 Å². The molecule has 4 rings (SSSR count). The molecule has 0 radical (unpaired) electrons. The number of hydrogen-bond acceptors (Lipinski definition) is 4. The zero-order valence-electron chi connectivity index (χ0n) is 14.2. The van der Waals surface area contributed by atoms with Crippen LogP contribution in [0.3, 0.4) is 0 Å². The van der Waals surface area contributed by atoms with Crippen molar-refractivity contribution in [3.05, 3.63) is 54.3 Å². The van der Waals surface area contributed by atoms with Crippen LogP contribution in [0.4, 0.5) is 10.2 Å². The van der Waals surface area contributed by atoms with Gasteiger partial charge in [-0.2, -0.15) is 0 Å². The topological polar surface area (TPSA) is 72.1 Å². The first-order chi connectivity index (χ1) is 12.6. The van der Waals surface area contributed by atoms with Gasteiger partial charge < -0.3 is 10.6 Å². The van der Waals surface area contributed by atoms with Crippen molar-refractivity contribution in [1.82, 2.24) is 9.97 Å². The molecule has 2 aromatic carbocycles. The molecular formula is C20H19FN4O. The number of benzene rings is 2. The second-order valence-electron chi connectivity index (χ2n) is 6.53. The van der Waals surface area contributed by atoms with Gasteiger partial charge in [0.15, 0.2) is 5.82 Å². The Balaban J connectivity index is 1.79. The summed E-state index contributed by atoms with van der Waals surface area (Å²) >= 11 is 0. The lowest BCUT2D eigenvalue weighted by Gasteiger charge is -2.32. The number of rotatable bonds is 3. The quantitative estimate of drug-likeness (QED) is 0.788. The van der Waals surface area contributed by atoms with Crippen LogP contribution in [-0.2, 0) is 4.79 Å². The van der Waals surface area contributed by atoms with Crippen molar-refractivity contribution in [2.75, 3.05) is 18.0 Å². The van der Waals surface area contributed by atoms with Gasteiger partial charge in [-0.1, -0.05) is 24.3 Å². The van der Waals surface area contributed by atoms with Crippen LogP contribution >= 0.6 is 0 Å². The van der Waals surface area contributed by atoms with E-state index in [1.807, 2.05) is 24.3 Å². The summed E-state index contributed by atoms with van der Waals surface area (Å²) in [5.74, 6) is 0.460. The number of para-hydroxylation sites is 1. The Morgan fingerprint density at radius 1 is 1.04 bits per heavy atom. The highest BCUT2D eigenvalue weighted by atomic mass is 19.1. The number of carbonyl (C=O) groups excluding carboxylic acids is 1. The minimum atomic E-state index is -0.346. The monoisotopic (exact) mass is 350 g/mol. The van der Waals surface area contributed by atoms with Gasteiger partial charge in [0.2, 0.25) is 5.91 Å². The van der Waals surface area contributed by atoms with Crippen molar-refractivity contribution in [2.24, 2.45) is 11.7 Å². The van der Waals surface area contributed by atoms with E-state index in [2.05, 4.69) is 14.9 Å². The molecule has 0 bridgehead atoms. The fourth-order valence-corrected chi connectivity index (χ4v) is 3.44. The number of primary amides is 1. The van der Waals surface area contributed by atoms with Crippen LogP contribution in [0, 0.1) is 11.7 Å². The van der Waals surface area contributed by atoms with Crippen LogP contribution in [0.5, 0.6) is 0 Å². The Kier molecular flexibility index (Phi) is 4.24. The summed E-state index contributed by atoms with van der Waals surface area (Å²) in [5, 5.41) is 0.921. The standard InChI is InChI=1S/C20H19FN4O/c21-16-7-3-1-5-14(16)19-23-17-8-4-2-6-15(17)20(24-19)25-11-9-13(10-12-25)18(22)26/h1-8,13H,9-12H2,(H2,22,26). The lowest BCUT2D eigenvalue weighted by atomic mass is 9.96. The van der Waals surface area contributed by atoms with Crippen molar-refractivity contribution in [1.29, 1.82) is 0 Å². The third-order valence-corrected chi connectivity index (χ3v) is 4.89. The average molecular weight is 350 g/mol. The van der Waals surface area contributed by atoms with Crippen molar-refractivity contribution >= 4 is 22.6 Å². The summed E-state index contributed by atoms with van der Waals surface area (Å²) in [6, 6.07) is 14.2. The number of carbonyl (C=O) groups is 1. The highest BCUT2D eigenvalue weighted by Gasteiger charge is 2.25. The van der Waals surface area contributed by atoms with E-state index in [1.165, 1.54) is 6.07 Å². The van der Waals surface area contributed by atoms with Crippen molar-refractivity contribution in [3.8, 4) is 11.4 Å². The maximum atomic E-state index is 14.2. The summed E-state index contributed by atoms with van der Waals surface area (Å²) < 4.78 is 14.2. The third kappa shape index (κ3) is 2.98. The molecule has 26 heavy (non-hydrogen) atoms. The summed E-state index contributed by atoms with van der Waals surface area (Å²) in [4.78, 5) is 22.8. The molecule has 0 saturated carbocycles. The number of fused-ring (bicyclic) bond motifs is 1. The predicted octanol–water partition coefficient (Wildman–Crippen LogP) is 3.14. The largest absolute Gasteiger partial charge is 0.369 e. The van der Waals surface area contributed by atoms with Gasteiger partial charge in [-0.3, -0.25) is 4.79 Å². The molecule has 3 aromatic rings. The molecule has 0 aliphatic carbocycles. The fourth-order valence-electron chi connectivity index (χ4n) is 3.44. The Hall–Kier alpha value is -3.02. The molecule has 1 fully saturated rings. The first kappa shape index (κ1) is 16.4. The molecule has 1 amide bonds. The summed E-state index contributed by atoms with van der Waals surface area (Å²) in [7, 11) is 0. The van der Waals surface area contributed by atoms with Gasteiger partial charge in [0, 0.05) is 24.4 Å². The molecule has 0 unspecified atom stereocenters. The molecule has 0 spiro atoms. The maximum Gasteiger partial charge on any atom is 0.220 e. The molecule has 1 aromatic heterocycles. The van der Waals surface area contributed by atoms with E-state index in [1.54, 1.807) is 18.2 Å². The molecule has 6 heteroatoms. The zero-order chi connectivity index (χ0) is 18.1. The number of hydrogen-bond donors (Lipinski definition) is 1. The van der Waals surface area contributed by atoms with Gasteiger partial charge in [0.1, 0.15) is 11.6 Å². The van der Waals surface area contributed by atoms with Gasteiger partial charge in [-0.25, -0.2) is 14.4 Å². The normalized spacial score (nSPS) is 15.3. The van der Waals surface area contributed by atoms with Crippen LogP contribution in [0.1, 0.15) is 12.8 Å². The van der Waals surface area contributed by atoms with Crippen molar-refractivity contribution in [3.63, 3.8) is 0 Å². The number of halogens is 1. The van der Waals surface area contributed by atoms with Gasteiger partial charge in [0.05, 0.1) is 11.1 Å². The average Bonchev–Trinajstić information content (AvgIpc) is 2.67. The van der Waals surface area contributed by atoms with Crippen LogP contribution in [-0.4, -0.2) is 29.0 Å². The molecular weight excluding hydrogens is 331 g/mol. The lowest BCUT2D eigenvalue weighted by Crippen LogP contribution is -2.39. The second kappa shape index (κ2) is 6.71. The van der Waals surface area contributed by atoms with E-state index in [0.29, 0.717) is 37.3 Å². The molecule has 0 atom stereocenters. The van der Waals surface area contributed by atoms with E-state index in [-0.39, 0.29) is 17.6 Å². The minimum Gasteiger partial charge on any atom is -0.369 e. The highest BCUT2D eigenvalue weighted by Crippen LogP contribution is 2.31. The first-order valence-electron chi connectivity index (χ1n) is 8.69. The van der Waals surface area contributed by atoms with E-state index in [9.17, 15) is 9.18 Å². The van der Waals surface area contributed by atoms with Crippen LogP contribution in [0.25, 0.3) is 22.3 Å². The maximum absolute atomic E-state index is 14.2. The van der Waals surface area contributed by atoms with Crippen LogP contribution in [0.2, 0.25) is 0 Å². The molecule has 1 saturated heterocycles. The summed E-state index contributed by atoms with van der Waals surface area (Å²) in [6.07, 6.45) is 1.39. The van der Waals surface area contributed by atoms with Crippen LogP contribution in [0.15, 0.2) is 48.5 Å². The summed E-state index contributed by atoms with van der Waals surface area (Å²) in [6.45, 7) is 1.37. The molecule has 1 aliphatic rings. The van der Waals surface area contributed by atoms with E-state index >= 15 is 0 Å². The SMILES string of the molecule is NC(=O)C1CCN(c2nc(-c3ccccc3F)nc3ccccc23)CC1. The highest BCUT2D eigenvalue weighted by molar-refractivity contribution is 5.91. The van der Waals surface area contributed by atoms with E-state index in [0.717, 1.165) is 16.7 Å². The number of nitrogens with zero attached hydrogens (tertiary/aromatic N) is 3. The first-order valence-corrected chi connectivity index (χ1v) is 8.69. The third-order valence-electron chi connectivity index (χ3n) is 4.89. The summed E-state index contributed by atoms with van der Waals surface area (Å²) in [5.41, 5.74) is 6.59. The van der Waals surface area contributed by atoms with Crippen molar-refractivity contribution in [2.45, 2.75) is 12.8 Å². The minimum absolute atomic E-state index is 0.0922. The van der Waals surface area contributed by atoms with Crippen molar-refractivity contribution < 1.29 is 9.18 Å². The number of nitrogens with two attached hydrogens (primary N) is 1. The Bertz CT molecular complexity index is 967. The molecule has 2 N–H and O–H groups in total. The number of anilines is 1. The molecule has 1 aliphatic heterocycles. The lowest BCUT2D eigenvalue weighted by molar-refractivity contribution is -0.122. The Morgan fingerprint density at radius 3 is 2.46 bits per heavy atom. The van der Waals surface area contributed by atoms with Gasteiger partial charge >= 0.3 is 0 Å². The molecule has 5 nitrogen and oxygen atoms in total. The fraction of sp³-hybridized carbons (Fsp3) is 0.250. The Labute approximate surface area is 150 Å². The number of aromatic nitrogens is 2. The number of piperidine rings is 1. The van der Waals surface area contributed by atoms with Gasteiger partial charge in [0.25, 0.3) is 0 Å².